The molecule has 1 heterocycles. The Balaban J connectivity index is 0.00000176. The number of hydrogen-bond donors (Lipinski definition) is 2. The maximum absolute atomic E-state index is 13.6. The quantitative estimate of drug-likeness (QED) is 0.893. The van der Waals surface area contributed by atoms with Crippen molar-refractivity contribution in [1.29, 1.82) is 0 Å². The van der Waals surface area contributed by atoms with Crippen LogP contribution in [0.5, 0.6) is 0 Å². The molecule has 1 atom stereocenters. The number of hydrogen-bond acceptors (Lipinski definition) is 3. The summed E-state index contributed by atoms with van der Waals surface area (Å²) < 4.78 is 13.6. The lowest BCUT2D eigenvalue weighted by atomic mass is 10.1. The predicted octanol–water partition coefficient (Wildman–Crippen LogP) is 2.53. The highest BCUT2D eigenvalue weighted by Crippen LogP contribution is 2.30. The van der Waals surface area contributed by atoms with E-state index < -0.39 is 6.04 Å². The number of nitrogens with one attached hydrogen (secondary N) is 1. The van der Waals surface area contributed by atoms with Crippen LogP contribution in [-0.4, -0.2) is 18.5 Å². The normalized spacial score (nSPS) is 17.1. The van der Waals surface area contributed by atoms with Crippen LogP contribution in [0.1, 0.15) is 5.56 Å². The Morgan fingerprint density at radius 1 is 1.23 bits per heavy atom. The Labute approximate surface area is 134 Å². The first-order chi connectivity index (χ1) is 10.1. The molecule has 0 fully saturated rings. The molecular weight excluding hydrogens is 305 g/mol. The predicted molar refractivity (Wildman–Crippen MR) is 87.7 cm³/mol. The van der Waals surface area contributed by atoms with Crippen LogP contribution in [0.4, 0.5) is 15.8 Å². The second-order valence-corrected chi connectivity index (χ2v) is 5.06. The molecule has 1 aliphatic rings. The first-order valence-electron chi connectivity index (χ1n) is 6.79. The van der Waals surface area contributed by atoms with Gasteiger partial charge in [0.05, 0.1) is 17.9 Å². The van der Waals surface area contributed by atoms with Crippen LogP contribution in [0.3, 0.4) is 0 Å². The second-order valence-electron chi connectivity index (χ2n) is 5.06. The summed E-state index contributed by atoms with van der Waals surface area (Å²) in [6.45, 7) is 0.703. The van der Waals surface area contributed by atoms with Crippen molar-refractivity contribution in [2.45, 2.75) is 12.6 Å². The number of nitrogens with two attached hydrogens (primary N) is 1. The number of anilines is 2. The van der Waals surface area contributed by atoms with Crippen molar-refractivity contribution in [3.63, 3.8) is 0 Å². The summed E-state index contributed by atoms with van der Waals surface area (Å²) in [5, 5.41) is 3.09. The van der Waals surface area contributed by atoms with Crippen molar-refractivity contribution in [3.05, 3.63) is 59.9 Å². The molecule has 4 nitrogen and oxygen atoms in total. The van der Waals surface area contributed by atoms with E-state index in [1.54, 1.807) is 11.0 Å². The third kappa shape index (κ3) is 3.21. The third-order valence-corrected chi connectivity index (χ3v) is 3.53. The van der Waals surface area contributed by atoms with E-state index >= 15 is 0 Å². The molecule has 22 heavy (non-hydrogen) atoms. The zero-order chi connectivity index (χ0) is 14.8. The number of rotatable bonds is 2. The monoisotopic (exact) mass is 321 g/mol. The summed E-state index contributed by atoms with van der Waals surface area (Å²) in [6, 6.07) is 13.3. The summed E-state index contributed by atoms with van der Waals surface area (Å²) in [5.74, 6) is -0.590. The zero-order valence-electron chi connectivity index (χ0n) is 11.8. The van der Waals surface area contributed by atoms with Crippen LogP contribution in [-0.2, 0) is 11.3 Å². The summed E-state index contributed by atoms with van der Waals surface area (Å²) in [7, 11) is 0. The van der Waals surface area contributed by atoms with Gasteiger partial charge in [-0.2, -0.15) is 0 Å². The lowest BCUT2D eigenvalue weighted by Gasteiger charge is -2.24. The smallest absolute Gasteiger partial charge is 0.246 e. The van der Waals surface area contributed by atoms with E-state index in [1.807, 2.05) is 30.3 Å². The Hall–Kier alpha value is -2.11. The highest BCUT2D eigenvalue weighted by Gasteiger charge is 2.28. The number of carbonyl (C=O) groups excluding carboxylic acids is 1. The number of nitrogens with zero attached hydrogens (tertiary/aromatic N) is 1. The average Bonchev–Trinajstić information content (AvgIpc) is 2.61. The van der Waals surface area contributed by atoms with Gasteiger partial charge in [-0.05, 0) is 23.8 Å². The Morgan fingerprint density at radius 2 is 1.95 bits per heavy atom. The molecule has 0 bridgehead atoms. The zero-order valence-corrected chi connectivity index (χ0v) is 12.6. The molecule has 0 saturated heterocycles. The molecule has 116 valence electrons. The van der Waals surface area contributed by atoms with Gasteiger partial charge in [-0.15, -0.1) is 12.4 Å². The molecule has 0 saturated carbocycles. The van der Waals surface area contributed by atoms with Crippen LogP contribution in [0.15, 0.2) is 48.5 Å². The van der Waals surface area contributed by atoms with Gasteiger partial charge in [0.2, 0.25) is 5.91 Å². The van der Waals surface area contributed by atoms with Crippen molar-refractivity contribution >= 4 is 29.7 Å². The summed E-state index contributed by atoms with van der Waals surface area (Å²) >= 11 is 0. The number of benzene rings is 2. The second kappa shape index (κ2) is 6.77. The van der Waals surface area contributed by atoms with Crippen LogP contribution >= 0.6 is 12.4 Å². The topological polar surface area (TPSA) is 58.4 Å². The summed E-state index contributed by atoms with van der Waals surface area (Å²) in [4.78, 5) is 14.0. The molecule has 0 aliphatic carbocycles. The SMILES string of the molecule is Cl.N[C@H]1CNc2ccc(F)cc2N(Cc2ccccc2)C1=O. The molecule has 2 aromatic carbocycles. The molecule has 0 spiro atoms. The van der Waals surface area contributed by atoms with Gasteiger partial charge in [-0.25, -0.2) is 4.39 Å². The Bertz CT molecular complexity index is 666. The van der Waals surface area contributed by atoms with Gasteiger partial charge in [-0.3, -0.25) is 4.79 Å². The highest BCUT2D eigenvalue weighted by molar-refractivity contribution is 6.01. The number of fused-ring (bicyclic) bond motifs is 1. The van der Waals surface area contributed by atoms with Gasteiger partial charge >= 0.3 is 0 Å². The molecule has 0 unspecified atom stereocenters. The minimum atomic E-state index is -0.649. The third-order valence-electron chi connectivity index (χ3n) is 3.53. The van der Waals surface area contributed by atoms with Crippen molar-refractivity contribution < 1.29 is 9.18 Å². The molecule has 3 rings (SSSR count). The van der Waals surface area contributed by atoms with Gasteiger partial charge in [0.1, 0.15) is 11.9 Å². The van der Waals surface area contributed by atoms with E-state index in [9.17, 15) is 9.18 Å². The van der Waals surface area contributed by atoms with E-state index in [0.717, 1.165) is 5.56 Å². The molecule has 6 heteroatoms. The number of carbonyl (C=O) groups is 1. The lowest BCUT2D eigenvalue weighted by Crippen LogP contribution is -2.45. The molecule has 0 radical (unpaired) electrons. The van der Waals surface area contributed by atoms with Crippen molar-refractivity contribution in [2.75, 3.05) is 16.8 Å². The van der Waals surface area contributed by atoms with E-state index in [1.165, 1.54) is 12.1 Å². The minimum absolute atomic E-state index is 0. The van der Waals surface area contributed by atoms with E-state index in [-0.39, 0.29) is 24.1 Å². The van der Waals surface area contributed by atoms with Crippen molar-refractivity contribution in [1.82, 2.24) is 0 Å². The van der Waals surface area contributed by atoms with E-state index in [4.69, 9.17) is 5.73 Å². The van der Waals surface area contributed by atoms with Crippen LogP contribution < -0.4 is 16.0 Å². The van der Waals surface area contributed by atoms with E-state index in [0.29, 0.717) is 24.5 Å². The van der Waals surface area contributed by atoms with Crippen molar-refractivity contribution in [2.24, 2.45) is 5.73 Å². The van der Waals surface area contributed by atoms with Crippen LogP contribution in [0.25, 0.3) is 0 Å². The lowest BCUT2D eigenvalue weighted by molar-refractivity contribution is -0.119. The minimum Gasteiger partial charge on any atom is -0.381 e. The fourth-order valence-electron chi connectivity index (χ4n) is 2.43. The molecule has 1 amide bonds. The summed E-state index contributed by atoms with van der Waals surface area (Å²) in [6.07, 6.45) is 0. The van der Waals surface area contributed by atoms with Gasteiger partial charge in [0.15, 0.2) is 0 Å². The number of halogens is 2. The highest BCUT2D eigenvalue weighted by atomic mass is 35.5. The molecule has 1 aliphatic heterocycles. The first kappa shape index (κ1) is 16.3. The largest absolute Gasteiger partial charge is 0.381 e. The molecule has 2 aromatic rings. The Kier molecular flexibility index (Phi) is 5.00. The van der Waals surface area contributed by atoms with Crippen molar-refractivity contribution in [3.8, 4) is 0 Å². The maximum atomic E-state index is 13.6. The van der Waals surface area contributed by atoms with Gasteiger partial charge in [0, 0.05) is 6.54 Å². The standard InChI is InChI=1S/C16H16FN3O.ClH/c17-12-6-7-14-15(8-12)20(16(21)13(18)9-19-14)10-11-4-2-1-3-5-11;/h1-8,13,19H,9-10,18H2;1H/t13-;/m0./s1. The Morgan fingerprint density at radius 3 is 2.68 bits per heavy atom. The van der Waals surface area contributed by atoms with Gasteiger partial charge in [0.25, 0.3) is 0 Å². The first-order valence-corrected chi connectivity index (χ1v) is 6.79. The number of amides is 1. The molecular formula is C16H17ClFN3O. The average molecular weight is 322 g/mol. The van der Waals surface area contributed by atoms with Crippen LogP contribution in [0.2, 0.25) is 0 Å². The molecule has 0 aromatic heterocycles. The van der Waals surface area contributed by atoms with Gasteiger partial charge in [-0.1, -0.05) is 30.3 Å². The maximum Gasteiger partial charge on any atom is 0.246 e. The molecule has 3 N–H and O–H groups in total. The van der Waals surface area contributed by atoms with E-state index in [2.05, 4.69) is 5.32 Å². The fraction of sp³-hybridized carbons (Fsp3) is 0.188. The summed E-state index contributed by atoms with van der Waals surface area (Å²) in [5.41, 5.74) is 8.10. The van der Waals surface area contributed by atoms with Gasteiger partial charge < -0.3 is 16.0 Å². The van der Waals surface area contributed by atoms with Crippen LogP contribution in [0, 0.1) is 5.82 Å². The fourth-order valence-corrected chi connectivity index (χ4v) is 2.43.